The summed E-state index contributed by atoms with van der Waals surface area (Å²) in [6, 6.07) is 0. The van der Waals surface area contributed by atoms with E-state index < -0.39 is 0 Å². The van der Waals surface area contributed by atoms with E-state index in [1.807, 2.05) is 0 Å². The minimum Gasteiger partial charge on any atom is -0.147 e. The van der Waals surface area contributed by atoms with Gasteiger partial charge < -0.3 is 0 Å². The lowest BCUT2D eigenvalue weighted by Crippen LogP contribution is -1.82. The second kappa shape index (κ2) is 3.43. The summed E-state index contributed by atoms with van der Waals surface area (Å²) in [6.07, 6.45) is 0. The van der Waals surface area contributed by atoms with Crippen molar-refractivity contribution in [3.05, 3.63) is 10.5 Å². The maximum Gasteiger partial charge on any atom is 0.130 e. The number of thiol groups is 1. The third-order valence-electron chi connectivity index (χ3n) is 0.883. The highest BCUT2D eigenvalue weighted by molar-refractivity contribution is 8.68. The molecule has 0 saturated carbocycles. The van der Waals surface area contributed by atoms with Gasteiger partial charge in [0.2, 0.25) is 0 Å². The van der Waals surface area contributed by atoms with Gasteiger partial charge in [-0.3, -0.25) is 0 Å². The quantitative estimate of drug-likeness (QED) is 0.555. The molecule has 1 atom stereocenters. The first-order chi connectivity index (χ1) is 4.34. The van der Waals surface area contributed by atoms with Gasteiger partial charge in [0.1, 0.15) is 10.5 Å². The Labute approximate surface area is 66.9 Å². The Morgan fingerprint density at radius 2 is 2.67 bits per heavy atom. The first-order valence-electron chi connectivity index (χ1n) is 2.41. The molecule has 5 heteroatoms. The number of hydrogen-bond acceptors (Lipinski definition) is 5. The molecular formula is C4H6N2S3. The van der Waals surface area contributed by atoms with Crippen molar-refractivity contribution in [2.24, 2.45) is 0 Å². The van der Waals surface area contributed by atoms with E-state index in [0.717, 1.165) is 5.01 Å². The van der Waals surface area contributed by atoms with Crippen LogP contribution in [0.4, 0.5) is 0 Å². The smallest absolute Gasteiger partial charge is 0.130 e. The van der Waals surface area contributed by atoms with Crippen molar-refractivity contribution in [1.82, 2.24) is 10.2 Å². The largest absolute Gasteiger partial charge is 0.147 e. The predicted molar refractivity (Wildman–Crippen MR) is 44.9 cm³/mol. The molecule has 1 rings (SSSR count). The van der Waals surface area contributed by atoms with Crippen molar-refractivity contribution in [2.75, 3.05) is 0 Å². The molecule has 50 valence electrons. The van der Waals surface area contributed by atoms with Crippen molar-refractivity contribution >= 4 is 33.8 Å². The van der Waals surface area contributed by atoms with Crippen LogP contribution >= 0.6 is 33.8 Å². The second-order valence-corrected chi connectivity index (χ2v) is 3.94. The summed E-state index contributed by atoms with van der Waals surface area (Å²) in [6.45, 7) is 2.05. The van der Waals surface area contributed by atoms with Crippen LogP contribution in [0, 0.1) is 0 Å². The molecule has 0 amide bonds. The Bertz CT molecular complexity index is 162. The van der Waals surface area contributed by atoms with E-state index >= 15 is 0 Å². The monoisotopic (exact) mass is 178 g/mol. The molecule has 9 heavy (non-hydrogen) atoms. The zero-order valence-electron chi connectivity index (χ0n) is 4.81. The molecule has 0 spiro atoms. The van der Waals surface area contributed by atoms with E-state index in [1.165, 1.54) is 10.8 Å². The van der Waals surface area contributed by atoms with Crippen molar-refractivity contribution in [2.45, 2.75) is 12.2 Å². The second-order valence-electron chi connectivity index (χ2n) is 1.52. The molecule has 1 unspecified atom stereocenters. The minimum atomic E-state index is 0.362. The van der Waals surface area contributed by atoms with Crippen LogP contribution < -0.4 is 0 Å². The summed E-state index contributed by atoms with van der Waals surface area (Å²) in [5, 5.41) is 9.00. The van der Waals surface area contributed by atoms with E-state index in [1.54, 1.807) is 16.8 Å². The van der Waals surface area contributed by atoms with Crippen LogP contribution in [0.1, 0.15) is 17.2 Å². The van der Waals surface area contributed by atoms with Gasteiger partial charge in [-0.2, -0.15) is 0 Å². The molecule has 0 N–H and O–H groups in total. The van der Waals surface area contributed by atoms with Gasteiger partial charge in [0, 0.05) is 0 Å². The first-order valence-corrected chi connectivity index (χ1v) is 5.22. The molecular weight excluding hydrogens is 172 g/mol. The third kappa shape index (κ3) is 1.84. The molecule has 0 aliphatic heterocycles. The number of aromatic nitrogens is 2. The fraction of sp³-hybridized carbons (Fsp3) is 0.500. The van der Waals surface area contributed by atoms with Crippen LogP contribution in [0.5, 0.6) is 0 Å². The molecule has 1 heterocycles. The Hall–Kier alpha value is 0.260. The zero-order chi connectivity index (χ0) is 6.69. The molecule has 2 nitrogen and oxygen atoms in total. The summed E-state index contributed by atoms with van der Waals surface area (Å²) in [7, 11) is 1.48. The average Bonchev–Trinajstić information content (AvgIpc) is 2.37. The van der Waals surface area contributed by atoms with Gasteiger partial charge in [-0.15, -0.1) is 33.2 Å². The van der Waals surface area contributed by atoms with Gasteiger partial charge in [-0.1, -0.05) is 10.8 Å². The van der Waals surface area contributed by atoms with Crippen LogP contribution in [-0.4, -0.2) is 10.2 Å². The minimum absolute atomic E-state index is 0.362. The van der Waals surface area contributed by atoms with Gasteiger partial charge in [-0.25, -0.2) is 0 Å². The standard InChI is InChI=1S/C4H6N2S3/c1-3(9-7)4-6-5-2-8-4/h2-3,7H,1H3. The average molecular weight is 178 g/mol. The highest BCUT2D eigenvalue weighted by Gasteiger charge is 2.05. The zero-order valence-corrected chi connectivity index (χ0v) is 7.34. The van der Waals surface area contributed by atoms with Crippen molar-refractivity contribution < 1.29 is 0 Å². The predicted octanol–water partition coefficient (Wildman–Crippen LogP) is 2.18. The van der Waals surface area contributed by atoms with Crippen LogP contribution in [-0.2, 0) is 0 Å². The molecule has 0 radical (unpaired) electrons. The fourth-order valence-corrected chi connectivity index (χ4v) is 1.85. The van der Waals surface area contributed by atoms with Gasteiger partial charge >= 0.3 is 0 Å². The van der Waals surface area contributed by atoms with Crippen LogP contribution in [0.3, 0.4) is 0 Å². The van der Waals surface area contributed by atoms with Gasteiger partial charge in [-0.05, 0) is 6.92 Å². The normalized spacial score (nSPS) is 13.6. The van der Waals surface area contributed by atoms with E-state index in [-0.39, 0.29) is 0 Å². The lowest BCUT2D eigenvalue weighted by atomic mass is 10.5. The Morgan fingerprint density at radius 1 is 1.89 bits per heavy atom. The molecule has 1 aromatic heterocycles. The number of nitrogens with zero attached hydrogens (tertiary/aromatic N) is 2. The maximum atomic E-state index is 4.06. The fourth-order valence-electron chi connectivity index (χ4n) is 0.404. The van der Waals surface area contributed by atoms with Crippen molar-refractivity contribution in [3.8, 4) is 0 Å². The Balaban J connectivity index is 2.65. The van der Waals surface area contributed by atoms with Crippen molar-refractivity contribution in [3.63, 3.8) is 0 Å². The number of rotatable bonds is 2. The van der Waals surface area contributed by atoms with Crippen LogP contribution in [0.15, 0.2) is 5.51 Å². The molecule has 0 fully saturated rings. The van der Waals surface area contributed by atoms with Gasteiger partial charge in [0.15, 0.2) is 0 Å². The van der Waals surface area contributed by atoms with E-state index in [4.69, 9.17) is 0 Å². The lowest BCUT2D eigenvalue weighted by molar-refractivity contribution is 0.971. The summed E-state index contributed by atoms with van der Waals surface area (Å²) < 4.78 is 0. The van der Waals surface area contributed by atoms with E-state index in [9.17, 15) is 0 Å². The first kappa shape index (κ1) is 7.37. The topological polar surface area (TPSA) is 25.8 Å². The summed E-state index contributed by atoms with van der Waals surface area (Å²) in [5.41, 5.74) is 1.73. The Morgan fingerprint density at radius 3 is 3.11 bits per heavy atom. The van der Waals surface area contributed by atoms with Gasteiger partial charge in [0.05, 0.1) is 5.25 Å². The van der Waals surface area contributed by atoms with E-state index in [2.05, 4.69) is 28.8 Å². The highest BCUT2D eigenvalue weighted by Crippen LogP contribution is 2.30. The molecule has 0 bridgehead atoms. The summed E-state index contributed by atoms with van der Waals surface area (Å²) in [4.78, 5) is 0. The van der Waals surface area contributed by atoms with Crippen molar-refractivity contribution in [1.29, 1.82) is 0 Å². The SMILES string of the molecule is CC(SS)c1nncs1. The molecule has 0 aliphatic rings. The van der Waals surface area contributed by atoms with Crippen LogP contribution in [0.2, 0.25) is 0 Å². The van der Waals surface area contributed by atoms with Gasteiger partial charge in [0.25, 0.3) is 0 Å². The molecule has 0 aromatic carbocycles. The Kier molecular flexibility index (Phi) is 2.81. The molecule has 0 aliphatic carbocycles. The lowest BCUT2D eigenvalue weighted by Gasteiger charge is -1.97. The molecule has 0 saturated heterocycles. The maximum absolute atomic E-state index is 4.06. The van der Waals surface area contributed by atoms with Crippen LogP contribution in [0.25, 0.3) is 0 Å². The number of hydrogen-bond donors (Lipinski definition) is 1. The van der Waals surface area contributed by atoms with E-state index in [0.29, 0.717) is 5.25 Å². The highest BCUT2D eigenvalue weighted by atomic mass is 33.1. The molecule has 1 aromatic rings. The summed E-state index contributed by atoms with van der Waals surface area (Å²) >= 11 is 5.62. The third-order valence-corrected chi connectivity index (χ3v) is 3.40. The summed E-state index contributed by atoms with van der Waals surface area (Å²) in [5.74, 6) is 0.